The molecular weight excluding hydrogens is 210 g/mol. The second-order valence-corrected chi connectivity index (χ2v) is 5.97. The molecule has 1 saturated carbocycles. The van der Waals surface area contributed by atoms with Crippen LogP contribution in [0.2, 0.25) is 0 Å². The van der Waals surface area contributed by atoms with Gasteiger partial charge in [-0.25, -0.2) is 0 Å². The summed E-state index contributed by atoms with van der Waals surface area (Å²) >= 11 is 0. The van der Waals surface area contributed by atoms with Crippen LogP contribution in [0.3, 0.4) is 0 Å². The number of hydrogen-bond donors (Lipinski definition) is 0. The van der Waals surface area contributed by atoms with Crippen molar-refractivity contribution in [1.29, 1.82) is 0 Å². The minimum atomic E-state index is 0.422. The standard InChI is InChI=1S/C14H25N3/c1-12(2)16-9-13(3)17(15-4)11-14(10-16)7-5-6-8-14/h12H,3-11H2,1-2H3. The van der Waals surface area contributed by atoms with E-state index in [0.29, 0.717) is 11.5 Å². The highest BCUT2D eigenvalue weighted by molar-refractivity contribution is 5.24. The van der Waals surface area contributed by atoms with Crippen LogP contribution in [0.4, 0.5) is 0 Å². The Hall–Kier alpha value is -0.830. The third-order valence-electron chi connectivity index (χ3n) is 4.34. The summed E-state index contributed by atoms with van der Waals surface area (Å²) in [5.74, 6) is 0. The minimum absolute atomic E-state index is 0.422. The second kappa shape index (κ2) is 4.81. The zero-order chi connectivity index (χ0) is 12.5. The molecule has 2 rings (SSSR count). The van der Waals surface area contributed by atoms with Crippen molar-refractivity contribution in [3.05, 3.63) is 12.3 Å². The van der Waals surface area contributed by atoms with Gasteiger partial charge in [0.1, 0.15) is 0 Å². The van der Waals surface area contributed by atoms with Crippen molar-refractivity contribution in [3.8, 4) is 0 Å². The fraction of sp³-hybridized carbons (Fsp3) is 0.786. The molecule has 1 spiro atoms. The summed E-state index contributed by atoms with van der Waals surface area (Å²) in [6, 6.07) is 0.578. The van der Waals surface area contributed by atoms with Crippen molar-refractivity contribution in [3.63, 3.8) is 0 Å². The summed E-state index contributed by atoms with van der Waals surface area (Å²) < 4.78 is 0. The minimum Gasteiger partial charge on any atom is -0.295 e. The Balaban J connectivity index is 2.22. The average Bonchev–Trinajstić information content (AvgIpc) is 2.67. The Labute approximate surface area is 105 Å². The zero-order valence-electron chi connectivity index (χ0n) is 11.3. The van der Waals surface area contributed by atoms with Gasteiger partial charge in [-0.05, 0) is 26.7 Å². The predicted octanol–water partition coefficient (Wildman–Crippen LogP) is 2.70. The van der Waals surface area contributed by atoms with Gasteiger partial charge in [0, 0.05) is 43.5 Å². The first-order valence-electron chi connectivity index (χ1n) is 6.72. The van der Waals surface area contributed by atoms with Crippen molar-refractivity contribution in [2.45, 2.75) is 45.6 Å². The van der Waals surface area contributed by atoms with Gasteiger partial charge in [0.05, 0.1) is 0 Å². The molecule has 1 heterocycles. The summed E-state index contributed by atoms with van der Waals surface area (Å²) in [5.41, 5.74) is 1.52. The van der Waals surface area contributed by atoms with Crippen LogP contribution in [-0.2, 0) is 0 Å². The summed E-state index contributed by atoms with van der Waals surface area (Å²) in [6.45, 7) is 15.5. The smallest absolute Gasteiger partial charge is 0.0480 e. The van der Waals surface area contributed by atoms with E-state index in [1.54, 1.807) is 0 Å². The maximum absolute atomic E-state index is 4.16. The van der Waals surface area contributed by atoms with Gasteiger partial charge in [-0.3, -0.25) is 9.91 Å². The summed E-state index contributed by atoms with van der Waals surface area (Å²) in [5, 5.41) is 6.19. The van der Waals surface area contributed by atoms with Gasteiger partial charge < -0.3 is 0 Å². The monoisotopic (exact) mass is 235 g/mol. The molecule has 2 aliphatic rings. The van der Waals surface area contributed by atoms with Crippen LogP contribution >= 0.6 is 0 Å². The summed E-state index contributed by atoms with van der Waals surface area (Å²) in [7, 11) is 0. The van der Waals surface area contributed by atoms with Crippen molar-refractivity contribution >= 4 is 6.72 Å². The molecule has 96 valence electrons. The number of rotatable bonds is 2. The molecule has 3 heteroatoms. The number of hydrazone groups is 1. The van der Waals surface area contributed by atoms with Gasteiger partial charge >= 0.3 is 0 Å². The maximum atomic E-state index is 4.16. The number of nitrogens with zero attached hydrogens (tertiary/aromatic N) is 3. The van der Waals surface area contributed by atoms with E-state index in [4.69, 9.17) is 0 Å². The molecule has 0 aromatic heterocycles. The van der Waals surface area contributed by atoms with Crippen LogP contribution in [0.25, 0.3) is 0 Å². The van der Waals surface area contributed by atoms with Crippen LogP contribution in [0.5, 0.6) is 0 Å². The highest BCUT2D eigenvalue weighted by Gasteiger charge is 2.40. The normalized spacial score (nSPS) is 25.6. The van der Waals surface area contributed by atoms with E-state index in [0.717, 1.165) is 18.8 Å². The van der Waals surface area contributed by atoms with Crippen LogP contribution < -0.4 is 0 Å². The molecule has 0 bridgehead atoms. The molecule has 0 aromatic carbocycles. The topological polar surface area (TPSA) is 18.8 Å². The molecule has 1 aliphatic heterocycles. The van der Waals surface area contributed by atoms with Crippen molar-refractivity contribution < 1.29 is 0 Å². The van der Waals surface area contributed by atoms with Crippen molar-refractivity contribution in [1.82, 2.24) is 9.91 Å². The fourth-order valence-electron chi connectivity index (χ4n) is 3.24. The van der Waals surface area contributed by atoms with E-state index in [2.05, 4.69) is 37.1 Å². The van der Waals surface area contributed by atoms with E-state index in [1.165, 1.54) is 32.2 Å². The molecule has 0 unspecified atom stereocenters. The van der Waals surface area contributed by atoms with Crippen LogP contribution in [-0.4, -0.2) is 42.3 Å². The maximum Gasteiger partial charge on any atom is 0.0480 e. The summed E-state index contributed by atoms with van der Waals surface area (Å²) in [4.78, 5) is 2.54. The highest BCUT2D eigenvalue weighted by Crippen LogP contribution is 2.42. The van der Waals surface area contributed by atoms with Crippen LogP contribution in [0.15, 0.2) is 17.4 Å². The average molecular weight is 235 g/mol. The second-order valence-electron chi connectivity index (χ2n) is 5.97. The Morgan fingerprint density at radius 2 is 1.88 bits per heavy atom. The molecule has 0 amide bonds. The van der Waals surface area contributed by atoms with E-state index in [-0.39, 0.29) is 0 Å². The van der Waals surface area contributed by atoms with Crippen LogP contribution in [0, 0.1) is 5.41 Å². The van der Waals surface area contributed by atoms with Gasteiger partial charge in [0.25, 0.3) is 0 Å². The zero-order valence-corrected chi connectivity index (χ0v) is 11.3. The predicted molar refractivity (Wildman–Crippen MR) is 73.0 cm³/mol. The Kier molecular flexibility index (Phi) is 3.57. The van der Waals surface area contributed by atoms with Crippen LogP contribution in [0.1, 0.15) is 39.5 Å². The van der Waals surface area contributed by atoms with Gasteiger partial charge in [0.2, 0.25) is 0 Å². The van der Waals surface area contributed by atoms with Gasteiger partial charge in [-0.1, -0.05) is 19.4 Å². The molecule has 3 nitrogen and oxygen atoms in total. The lowest BCUT2D eigenvalue weighted by Gasteiger charge is -2.34. The van der Waals surface area contributed by atoms with Gasteiger partial charge in [-0.2, -0.15) is 5.10 Å². The molecule has 0 N–H and O–H groups in total. The Morgan fingerprint density at radius 1 is 1.24 bits per heavy atom. The molecule has 2 fully saturated rings. The fourth-order valence-corrected chi connectivity index (χ4v) is 3.24. The molecular formula is C14H25N3. The SMILES string of the molecule is C=NN1CC2(CCCC2)CN(C(C)C)CC1=C. The summed E-state index contributed by atoms with van der Waals surface area (Å²) in [6.07, 6.45) is 5.39. The first-order valence-corrected chi connectivity index (χ1v) is 6.72. The third kappa shape index (κ3) is 2.54. The van der Waals surface area contributed by atoms with E-state index < -0.39 is 0 Å². The highest BCUT2D eigenvalue weighted by atomic mass is 15.5. The molecule has 17 heavy (non-hydrogen) atoms. The van der Waals surface area contributed by atoms with Gasteiger partial charge in [0.15, 0.2) is 0 Å². The lowest BCUT2D eigenvalue weighted by Crippen LogP contribution is -2.40. The van der Waals surface area contributed by atoms with E-state index in [9.17, 15) is 0 Å². The molecule has 1 saturated heterocycles. The Bertz CT molecular complexity index is 303. The quantitative estimate of drug-likeness (QED) is 0.685. The molecule has 0 atom stereocenters. The van der Waals surface area contributed by atoms with E-state index >= 15 is 0 Å². The van der Waals surface area contributed by atoms with E-state index in [1.807, 2.05) is 5.01 Å². The lowest BCUT2D eigenvalue weighted by molar-refractivity contribution is 0.137. The molecule has 0 aromatic rings. The third-order valence-corrected chi connectivity index (χ3v) is 4.34. The lowest BCUT2D eigenvalue weighted by atomic mass is 9.85. The number of hydrogen-bond acceptors (Lipinski definition) is 3. The Morgan fingerprint density at radius 3 is 2.41 bits per heavy atom. The van der Waals surface area contributed by atoms with Crippen molar-refractivity contribution in [2.75, 3.05) is 19.6 Å². The molecule has 1 aliphatic carbocycles. The van der Waals surface area contributed by atoms with Gasteiger partial charge in [-0.15, -0.1) is 0 Å². The first-order chi connectivity index (χ1) is 8.06. The molecule has 0 radical (unpaired) electrons. The van der Waals surface area contributed by atoms with Crippen molar-refractivity contribution in [2.24, 2.45) is 10.5 Å². The largest absolute Gasteiger partial charge is 0.295 e. The first kappa shape index (κ1) is 12.6.